The molecule has 0 unspecified atom stereocenters. The van der Waals surface area contributed by atoms with Crippen molar-refractivity contribution in [3.05, 3.63) is 17.3 Å². The van der Waals surface area contributed by atoms with Crippen molar-refractivity contribution in [2.24, 2.45) is 0 Å². The standard InChI is InChI=1S/C8H10N2O3/c1-5-4-6(8(11)13-3)7(12-2)10-9-5/h4H,1-3H3. The molecule has 1 aromatic rings. The van der Waals surface area contributed by atoms with Crippen LogP contribution in [0.5, 0.6) is 5.88 Å². The zero-order valence-electron chi connectivity index (χ0n) is 7.70. The molecule has 1 rings (SSSR count). The van der Waals surface area contributed by atoms with Crippen molar-refractivity contribution in [2.75, 3.05) is 14.2 Å². The van der Waals surface area contributed by atoms with E-state index in [0.717, 1.165) is 0 Å². The van der Waals surface area contributed by atoms with Gasteiger partial charge in [-0.1, -0.05) is 0 Å². The van der Waals surface area contributed by atoms with Gasteiger partial charge in [0.15, 0.2) is 0 Å². The van der Waals surface area contributed by atoms with Crippen LogP contribution in [0.25, 0.3) is 0 Å². The monoisotopic (exact) mass is 182 g/mol. The number of aromatic nitrogens is 2. The Balaban J connectivity index is 3.15. The average Bonchev–Trinajstić information content (AvgIpc) is 2.16. The molecule has 5 nitrogen and oxygen atoms in total. The van der Waals surface area contributed by atoms with Gasteiger partial charge in [0.2, 0.25) is 5.88 Å². The molecular weight excluding hydrogens is 172 g/mol. The Morgan fingerprint density at radius 3 is 2.62 bits per heavy atom. The van der Waals surface area contributed by atoms with Crippen molar-refractivity contribution < 1.29 is 14.3 Å². The van der Waals surface area contributed by atoms with E-state index in [-0.39, 0.29) is 11.4 Å². The molecule has 0 aromatic carbocycles. The second-order valence-electron chi connectivity index (χ2n) is 2.40. The average molecular weight is 182 g/mol. The van der Waals surface area contributed by atoms with Crippen LogP contribution in [0.1, 0.15) is 16.1 Å². The Labute approximate surface area is 75.7 Å². The summed E-state index contributed by atoms with van der Waals surface area (Å²) in [6.45, 7) is 1.74. The minimum atomic E-state index is -0.477. The maximum Gasteiger partial charge on any atom is 0.343 e. The third kappa shape index (κ3) is 1.93. The smallest absolute Gasteiger partial charge is 0.343 e. The van der Waals surface area contributed by atoms with Crippen molar-refractivity contribution in [3.8, 4) is 5.88 Å². The van der Waals surface area contributed by atoms with E-state index in [2.05, 4.69) is 14.9 Å². The zero-order valence-corrected chi connectivity index (χ0v) is 7.70. The summed E-state index contributed by atoms with van der Waals surface area (Å²) in [6.07, 6.45) is 0. The lowest BCUT2D eigenvalue weighted by Gasteiger charge is -2.04. The predicted octanol–water partition coefficient (Wildman–Crippen LogP) is 0.580. The molecule has 0 spiro atoms. The lowest BCUT2D eigenvalue weighted by Crippen LogP contribution is -2.07. The molecule has 0 saturated carbocycles. The van der Waals surface area contributed by atoms with Gasteiger partial charge in [-0.25, -0.2) is 4.79 Å². The lowest BCUT2D eigenvalue weighted by atomic mass is 10.2. The van der Waals surface area contributed by atoms with Gasteiger partial charge in [0.25, 0.3) is 0 Å². The van der Waals surface area contributed by atoms with Crippen molar-refractivity contribution >= 4 is 5.97 Å². The number of ether oxygens (including phenoxy) is 2. The molecule has 0 aliphatic carbocycles. The Morgan fingerprint density at radius 1 is 1.38 bits per heavy atom. The predicted molar refractivity (Wildman–Crippen MR) is 44.7 cm³/mol. The summed E-state index contributed by atoms with van der Waals surface area (Å²) in [5, 5.41) is 7.44. The number of esters is 1. The summed E-state index contributed by atoms with van der Waals surface area (Å²) in [4.78, 5) is 11.2. The second-order valence-corrected chi connectivity index (χ2v) is 2.40. The highest BCUT2D eigenvalue weighted by molar-refractivity contribution is 5.91. The highest BCUT2D eigenvalue weighted by atomic mass is 16.5. The van der Waals surface area contributed by atoms with Gasteiger partial charge in [0.1, 0.15) is 5.56 Å². The number of aryl methyl sites for hydroxylation is 1. The third-order valence-electron chi connectivity index (χ3n) is 1.48. The summed E-state index contributed by atoms with van der Waals surface area (Å²) in [6, 6.07) is 1.57. The number of methoxy groups -OCH3 is 2. The minimum Gasteiger partial charge on any atom is -0.479 e. The van der Waals surface area contributed by atoms with Crippen LogP contribution in [0.3, 0.4) is 0 Å². The zero-order chi connectivity index (χ0) is 9.84. The van der Waals surface area contributed by atoms with Gasteiger partial charge in [-0.2, -0.15) is 5.10 Å². The van der Waals surface area contributed by atoms with Crippen LogP contribution in [0.15, 0.2) is 6.07 Å². The molecule has 0 bridgehead atoms. The van der Waals surface area contributed by atoms with Crippen LogP contribution < -0.4 is 4.74 Å². The summed E-state index contributed by atoms with van der Waals surface area (Å²) in [7, 11) is 2.73. The van der Waals surface area contributed by atoms with E-state index in [0.29, 0.717) is 5.69 Å². The first-order chi connectivity index (χ1) is 6.19. The third-order valence-corrected chi connectivity index (χ3v) is 1.48. The van der Waals surface area contributed by atoms with E-state index in [1.165, 1.54) is 14.2 Å². The number of carbonyl (C=O) groups excluding carboxylic acids is 1. The first kappa shape index (κ1) is 9.44. The molecule has 70 valence electrons. The van der Waals surface area contributed by atoms with E-state index in [1.54, 1.807) is 13.0 Å². The number of nitrogens with zero attached hydrogens (tertiary/aromatic N) is 2. The second kappa shape index (κ2) is 3.84. The van der Waals surface area contributed by atoms with Crippen LogP contribution in [0, 0.1) is 6.92 Å². The minimum absolute atomic E-state index is 0.178. The van der Waals surface area contributed by atoms with Crippen LogP contribution in [0.4, 0.5) is 0 Å². The molecule has 0 aliphatic rings. The number of rotatable bonds is 2. The maximum absolute atomic E-state index is 11.2. The van der Waals surface area contributed by atoms with Gasteiger partial charge in [-0.3, -0.25) is 0 Å². The van der Waals surface area contributed by atoms with Crippen LogP contribution in [0.2, 0.25) is 0 Å². The van der Waals surface area contributed by atoms with Gasteiger partial charge in [0.05, 0.1) is 19.9 Å². The van der Waals surface area contributed by atoms with E-state index in [1.807, 2.05) is 0 Å². The molecule has 0 atom stereocenters. The molecule has 0 amide bonds. The van der Waals surface area contributed by atoms with Crippen molar-refractivity contribution in [1.82, 2.24) is 10.2 Å². The van der Waals surface area contributed by atoms with E-state index >= 15 is 0 Å². The van der Waals surface area contributed by atoms with Crippen molar-refractivity contribution in [2.45, 2.75) is 6.92 Å². The highest BCUT2D eigenvalue weighted by Gasteiger charge is 2.14. The molecule has 1 heterocycles. The van der Waals surface area contributed by atoms with Crippen LogP contribution in [-0.2, 0) is 4.74 Å². The molecular formula is C8H10N2O3. The van der Waals surface area contributed by atoms with Crippen LogP contribution >= 0.6 is 0 Å². The largest absolute Gasteiger partial charge is 0.479 e. The van der Waals surface area contributed by atoms with Crippen molar-refractivity contribution in [1.29, 1.82) is 0 Å². The summed E-state index contributed by atoms with van der Waals surface area (Å²) >= 11 is 0. The van der Waals surface area contributed by atoms with Gasteiger partial charge >= 0.3 is 5.97 Å². The molecule has 0 aliphatic heterocycles. The maximum atomic E-state index is 11.2. The Bertz CT molecular complexity index is 325. The normalized spacial score (nSPS) is 9.46. The van der Waals surface area contributed by atoms with Crippen LogP contribution in [-0.4, -0.2) is 30.4 Å². The van der Waals surface area contributed by atoms with Gasteiger partial charge in [-0.15, -0.1) is 5.10 Å². The van der Waals surface area contributed by atoms with Gasteiger partial charge < -0.3 is 9.47 Å². The molecule has 1 aromatic heterocycles. The fourth-order valence-electron chi connectivity index (χ4n) is 0.885. The molecule has 0 N–H and O–H groups in total. The van der Waals surface area contributed by atoms with E-state index in [4.69, 9.17) is 4.74 Å². The fraction of sp³-hybridized carbons (Fsp3) is 0.375. The topological polar surface area (TPSA) is 61.3 Å². The Hall–Kier alpha value is -1.65. The molecule has 0 saturated heterocycles. The summed E-state index contributed by atoms with van der Waals surface area (Å²) < 4.78 is 9.40. The summed E-state index contributed by atoms with van der Waals surface area (Å²) in [5.41, 5.74) is 0.929. The number of hydrogen-bond acceptors (Lipinski definition) is 5. The fourth-order valence-corrected chi connectivity index (χ4v) is 0.885. The SMILES string of the molecule is COC(=O)c1cc(C)nnc1OC. The molecule has 5 heteroatoms. The van der Waals surface area contributed by atoms with Gasteiger partial charge in [-0.05, 0) is 13.0 Å². The number of hydrogen-bond donors (Lipinski definition) is 0. The first-order valence-electron chi connectivity index (χ1n) is 3.65. The van der Waals surface area contributed by atoms with Crippen molar-refractivity contribution in [3.63, 3.8) is 0 Å². The molecule has 0 radical (unpaired) electrons. The van der Waals surface area contributed by atoms with Gasteiger partial charge in [0, 0.05) is 0 Å². The summed E-state index contributed by atoms with van der Waals surface area (Å²) in [5.74, 6) is -0.299. The Morgan fingerprint density at radius 2 is 2.08 bits per heavy atom. The Kier molecular flexibility index (Phi) is 2.79. The quantitative estimate of drug-likeness (QED) is 0.626. The van der Waals surface area contributed by atoms with E-state index < -0.39 is 5.97 Å². The highest BCUT2D eigenvalue weighted by Crippen LogP contribution is 2.14. The number of carbonyl (C=O) groups is 1. The molecule has 0 fully saturated rings. The lowest BCUT2D eigenvalue weighted by molar-refractivity contribution is 0.0595. The molecule has 13 heavy (non-hydrogen) atoms. The first-order valence-corrected chi connectivity index (χ1v) is 3.65. The van der Waals surface area contributed by atoms with E-state index in [9.17, 15) is 4.79 Å².